The number of rotatable bonds is 5. The molecule has 1 aromatic heterocycles. The van der Waals surface area contributed by atoms with Crippen molar-refractivity contribution in [3.8, 4) is 0 Å². The van der Waals surface area contributed by atoms with E-state index >= 15 is 0 Å². The number of hydrogen-bond donors (Lipinski definition) is 2. The minimum atomic E-state index is -4.42. The van der Waals surface area contributed by atoms with Crippen molar-refractivity contribution in [2.45, 2.75) is 25.6 Å². The Morgan fingerprint density at radius 3 is 2.93 bits per heavy atom. The van der Waals surface area contributed by atoms with Crippen molar-refractivity contribution in [1.82, 2.24) is 15.6 Å². The van der Waals surface area contributed by atoms with Crippen molar-refractivity contribution in [3.63, 3.8) is 0 Å². The summed E-state index contributed by atoms with van der Waals surface area (Å²) in [6.45, 7) is 1.19. The van der Waals surface area contributed by atoms with Gasteiger partial charge in [0.25, 0.3) is 0 Å². The highest BCUT2D eigenvalue weighted by atomic mass is 32.1. The molecule has 0 aliphatic carbocycles. The van der Waals surface area contributed by atoms with Crippen molar-refractivity contribution in [2.24, 2.45) is 0 Å². The van der Waals surface area contributed by atoms with Crippen LogP contribution in [0.1, 0.15) is 23.2 Å². The Morgan fingerprint density at radius 2 is 2.19 bits per heavy atom. The van der Waals surface area contributed by atoms with Crippen LogP contribution in [0.25, 0.3) is 0 Å². The summed E-state index contributed by atoms with van der Waals surface area (Å²) in [5.74, 6) is -0.354. The number of halogens is 3. The topological polar surface area (TPSA) is 74.3 Å². The van der Waals surface area contributed by atoms with Gasteiger partial charge >= 0.3 is 12.2 Å². The number of amides is 3. The number of aromatic nitrogens is 1. The van der Waals surface area contributed by atoms with E-state index in [4.69, 9.17) is 0 Å². The van der Waals surface area contributed by atoms with E-state index in [1.54, 1.807) is 5.38 Å². The molecule has 2 heterocycles. The summed E-state index contributed by atoms with van der Waals surface area (Å²) >= 11 is 1.27. The van der Waals surface area contributed by atoms with Crippen molar-refractivity contribution >= 4 is 28.4 Å². The number of carbonyl (C=O) groups excluding carboxylic acids is 2. The van der Waals surface area contributed by atoms with Gasteiger partial charge in [0.05, 0.1) is 17.7 Å². The fraction of sp³-hybridized carbons (Fsp3) is 0.353. The fourth-order valence-electron chi connectivity index (χ4n) is 2.60. The maximum atomic E-state index is 12.7. The van der Waals surface area contributed by atoms with Crippen LogP contribution < -0.4 is 15.5 Å². The normalized spacial score (nSPS) is 14.8. The summed E-state index contributed by atoms with van der Waals surface area (Å²) in [5, 5.41) is 7.53. The second kappa shape index (κ2) is 7.95. The number of benzene rings is 1. The number of nitrogens with one attached hydrogen (secondary N) is 2. The smallest absolute Gasteiger partial charge is 0.352 e. The first-order valence-corrected chi connectivity index (χ1v) is 9.13. The zero-order chi connectivity index (χ0) is 19.4. The van der Waals surface area contributed by atoms with E-state index in [9.17, 15) is 22.8 Å². The third-order valence-corrected chi connectivity index (χ3v) is 4.85. The molecule has 144 valence electrons. The molecule has 3 rings (SSSR count). The number of urea groups is 1. The molecule has 0 bridgehead atoms. The van der Waals surface area contributed by atoms with Gasteiger partial charge in [0.2, 0.25) is 5.91 Å². The van der Waals surface area contributed by atoms with E-state index in [1.807, 2.05) is 0 Å². The number of hydrogen-bond acceptors (Lipinski definition) is 4. The summed E-state index contributed by atoms with van der Waals surface area (Å²) in [4.78, 5) is 29.7. The van der Waals surface area contributed by atoms with Crippen molar-refractivity contribution < 1.29 is 22.8 Å². The second-order valence-electron chi connectivity index (χ2n) is 6.01. The Kier molecular flexibility index (Phi) is 5.64. The molecule has 6 nitrogen and oxygen atoms in total. The molecule has 3 amide bonds. The highest BCUT2D eigenvalue weighted by Gasteiger charge is 2.30. The molecule has 0 unspecified atom stereocenters. The molecule has 0 radical (unpaired) electrons. The summed E-state index contributed by atoms with van der Waals surface area (Å²) < 4.78 is 38.1. The predicted molar refractivity (Wildman–Crippen MR) is 94.5 cm³/mol. The second-order valence-corrected chi connectivity index (χ2v) is 6.85. The van der Waals surface area contributed by atoms with E-state index < -0.39 is 11.7 Å². The lowest BCUT2D eigenvalue weighted by atomic mass is 10.1. The predicted octanol–water partition coefficient (Wildman–Crippen LogP) is 2.94. The molecule has 1 aliphatic heterocycles. The zero-order valence-corrected chi connectivity index (χ0v) is 15.0. The first-order valence-electron chi connectivity index (χ1n) is 8.25. The maximum absolute atomic E-state index is 12.7. The van der Waals surface area contributed by atoms with Gasteiger partial charge in [-0.05, 0) is 24.1 Å². The van der Waals surface area contributed by atoms with E-state index in [0.717, 1.165) is 18.6 Å². The molecule has 1 fully saturated rings. The lowest BCUT2D eigenvalue weighted by Gasteiger charge is -2.24. The number of thiazole rings is 1. The highest BCUT2D eigenvalue weighted by Crippen LogP contribution is 2.29. The quantitative estimate of drug-likeness (QED) is 0.813. The lowest BCUT2D eigenvalue weighted by Crippen LogP contribution is -2.46. The van der Waals surface area contributed by atoms with Crippen molar-refractivity contribution in [1.29, 1.82) is 0 Å². The molecular weight excluding hydrogens is 381 g/mol. The van der Waals surface area contributed by atoms with Crippen molar-refractivity contribution in [2.75, 3.05) is 18.0 Å². The molecule has 0 atom stereocenters. The van der Waals surface area contributed by atoms with Crippen molar-refractivity contribution in [3.05, 3.63) is 46.5 Å². The standard InChI is InChI=1S/C17H17F3N4O2S/c18-17(19,20)12-4-1-3-11(7-12)9-22-14(25)8-13-10-27-16(23-13)24-6-2-5-21-15(24)26/h1,3-4,7,10H,2,5-6,8-9H2,(H,21,26)(H,22,25). The molecule has 2 aromatic rings. The Balaban J connectivity index is 1.55. The summed E-state index contributed by atoms with van der Waals surface area (Å²) in [6.07, 6.45) is -3.61. The number of anilines is 1. The van der Waals surface area contributed by atoms with Gasteiger partial charge in [-0.3, -0.25) is 9.69 Å². The SMILES string of the molecule is O=C(Cc1csc(N2CCCNC2=O)n1)NCc1cccc(C(F)(F)F)c1. The molecule has 2 N–H and O–H groups in total. The average molecular weight is 398 g/mol. The van der Waals surface area contributed by atoms with Crippen LogP contribution in [0.2, 0.25) is 0 Å². The van der Waals surface area contributed by atoms with Crippen LogP contribution in [0, 0.1) is 0 Å². The van der Waals surface area contributed by atoms with Crippen LogP contribution in [0.5, 0.6) is 0 Å². The number of alkyl halides is 3. The van der Waals surface area contributed by atoms with Gasteiger partial charge in [-0.2, -0.15) is 13.2 Å². The maximum Gasteiger partial charge on any atom is 0.416 e. The van der Waals surface area contributed by atoms with Gasteiger partial charge in [-0.25, -0.2) is 9.78 Å². The van der Waals surface area contributed by atoms with E-state index in [1.165, 1.54) is 28.4 Å². The fourth-order valence-corrected chi connectivity index (χ4v) is 3.45. The molecule has 27 heavy (non-hydrogen) atoms. The van der Waals surface area contributed by atoms with Gasteiger partial charge in [-0.15, -0.1) is 11.3 Å². The zero-order valence-electron chi connectivity index (χ0n) is 14.2. The average Bonchev–Trinajstić information content (AvgIpc) is 3.08. The Labute approximate surface area is 157 Å². The molecule has 0 spiro atoms. The van der Waals surface area contributed by atoms with Crippen LogP contribution in [-0.2, 0) is 23.9 Å². The molecule has 0 saturated carbocycles. The minimum Gasteiger partial charge on any atom is -0.352 e. The third kappa shape index (κ3) is 4.97. The molecule has 1 aromatic carbocycles. The molecule has 10 heteroatoms. The first kappa shape index (κ1) is 19.2. The third-order valence-electron chi connectivity index (χ3n) is 3.94. The Hall–Kier alpha value is -2.62. The molecule has 1 saturated heterocycles. The summed E-state index contributed by atoms with van der Waals surface area (Å²) in [7, 11) is 0. The van der Waals surface area contributed by atoms with Crippen LogP contribution in [0.3, 0.4) is 0 Å². The first-order chi connectivity index (χ1) is 12.8. The largest absolute Gasteiger partial charge is 0.416 e. The van der Waals surface area contributed by atoms with Gasteiger partial charge < -0.3 is 10.6 Å². The number of carbonyl (C=O) groups is 2. The summed E-state index contributed by atoms with van der Waals surface area (Å²) in [6, 6.07) is 4.61. The monoisotopic (exact) mass is 398 g/mol. The van der Waals surface area contributed by atoms with Gasteiger partial charge in [-0.1, -0.05) is 12.1 Å². The van der Waals surface area contributed by atoms with E-state index in [2.05, 4.69) is 15.6 Å². The van der Waals surface area contributed by atoms with Gasteiger partial charge in [0.15, 0.2) is 5.13 Å². The van der Waals surface area contributed by atoms with E-state index in [0.29, 0.717) is 29.5 Å². The number of nitrogens with zero attached hydrogens (tertiary/aromatic N) is 2. The Bertz CT molecular complexity index is 838. The van der Waals surface area contributed by atoms with Crippen LogP contribution in [-0.4, -0.2) is 30.0 Å². The minimum absolute atomic E-state index is 0.00568. The van der Waals surface area contributed by atoms with Crippen LogP contribution in [0.4, 0.5) is 23.1 Å². The van der Waals surface area contributed by atoms with Gasteiger partial charge in [0.1, 0.15) is 0 Å². The Morgan fingerprint density at radius 1 is 1.37 bits per heavy atom. The molecule has 1 aliphatic rings. The van der Waals surface area contributed by atoms with E-state index in [-0.39, 0.29) is 24.9 Å². The van der Waals surface area contributed by atoms with Crippen LogP contribution >= 0.6 is 11.3 Å². The lowest BCUT2D eigenvalue weighted by molar-refractivity contribution is -0.137. The molecular formula is C17H17F3N4O2S. The van der Waals surface area contributed by atoms with Gasteiger partial charge in [0, 0.05) is 25.0 Å². The van der Waals surface area contributed by atoms with Crippen LogP contribution in [0.15, 0.2) is 29.6 Å². The highest BCUT2D eigenvalue weighted by molar-refractivity contribution is 7.14. The summed E-state index contributed by atoms with van der Waals surface area (Å²) in [5.41, 5.74) is 0.121.